The van der Waals surface area contributed by atoms with E-state index in [0.29, 0.717) is 6.04 Å². The Morgan fingerprint density at radius 2 is 1.93 bits per heavy atom. The molecule has 1 atom stereocenters. The van der Waals surface area contributed by atoms with E-state index >= 15 is 0 Å². The molecule has 2 N–H and O–H groups in total. The molecule has 0 heterocycles. The standard InChI is InChI=1S/C12H24N2/c1-4-9-13-11-7-8-12(6-3)14-10-5-2/h4-5,12-14H,1-2,6-11H2,3H3. The van der Waals surface area contributed by atoms with Gasteiger partial charge in [0.1, 0.15) is 0 Å². The van der Waals surface area contributed by atoms with Gasteiger partial charge in [-0.1, -0.05) is 19.1 Å². The van der Waals surface area contributed by atoms with Crippen LogP contribution in [0.25, 0.3) is 0 Å². The maximum atomic E-state index is 3.70. The molecule has 0 fully saturated rings. The lowest BCUT2D eigenvalue weighted by Gasteiger charge is -2.15. The van der Waals surface area contributed by atoms with Gasteiger partial charge < -0.3 is 10.6 Å². The molecular weight excluding hydrogens is 172 g/mol. The van der Waals surface area contributed by atoms with Gasteiger partial charge in [-0.2, -0.15) is 0 Å². The van der Waals surface area contributed by atoms with Crippen molar-refractivity contribution in [1.82, 2.24) is 10.6 Å². The third kappa shape index (κ3) is 8.02. The lowest BCUT2D eigenvalue weighted by atomic mass is 10.1. The molecular formula is C12H24N2. The average Bonchev–Trinajstić information content (AvgIpc) is 2.22. The first kappa shape index (κ1) is 13.4. The van der Waals surface area contributed by atoms with Gasteiger partial charge in [0.2, 0.25) is 0 Å². The van der Waals surface area contributed by atoms with Crippen LogP contribution < -0.4 is 10.6 Å². The van der Waals surface area contributed by atoms with E-state index in [1.54, 1.807) is 0 Å². The van der Waals surface area contributed by atoms with E-state index < -0.39 is 0 Å². The quantitative estimate of drug-likeness (QED) is 0.413. The van der Waals surface area contributed by atoms with Crippen molar-refractivity contribution >= 4 is 0 Å². The van der Waals surface area contributed by atoms with Crippen molar-refractivity contribution in [3.8, 4) is 0 Å². The first-order valence-electron chi connectivity index (χ1n) is 5.51. The molecule has 2 heteroatoms. The summed E-state index contributed by atoms with van der Waals surface area (Å²) in [5.41, 5.74) is 0. The summed E-state index contributed by atoms with van der Waals surface area (Å²) < 4.78 is 0. The van der Waals surface area contributed by atoms with Crippen molar-refractivity contribution in [2.75, 3.05) is 19.6 Å². The molecule has 0 aliphatic rings. The first-order chi connectivity index (χ1) is 6.85. The van der Waals surface area contributed by atoms with Crippen molar-refractivity contribution in [1.29, 1.82) is 0 Å². The van der Waals surface area contributed by atoms with E-state index in [-0.39, 0.29) is 0 Å². The van der Waals surface area contributed by atoms with Crippen molar-refractivity contribution in [2.45, 2.75) is 32.2 Å². The van der Waals surface area contributed by atoms with Gasteiger partial charge in [0.05, 0.1) is 0 Å². The number of rotatable bonds is 10. The van der Waals surface area contributed by atoms with Gasteiger partial charge in [-0.3, -0.25) is 0 Å². The summed E-state index contributed by atoms with van der Waals surface area (Å²) in [4.78, 5) is 0. The summed E-state index contributed by atoms with van der Waals surface area (Å²) in [6.45, 7) is 12.5. The van der Waals surface area contributed by atoms with Crippen LogP contribution in [0.2, 0.25) is 0 Å². The van der Waals surface area contributed by atoms with Crippen LogP contribution in [0.5, 0.6) is 0 Å². The fraction of sp³-hybridized carbons (Fsp3) is 0.667. The minimum Gasteiger partial charge on any atom is -0.313 e. The Kier molecular flexibility index (Phi) is 10.0. The van der Waals surface area contributed by atoms with Crippen LogP contribution in [-0.4, -0.2) is 25.7 Å². The second kappa shape index (κ2) is 10.5. The molecule has 0 saturated heterocycles. The molecule has 0 aromatic rings. The molecule has 0 aromatic heterocycles. The van der Waals surface area contributed by atoms with E-state index in [2.05, 4.69) is 30.7 Å². The van der Waals surface area contributed by atoms with Gasteiger partial charge in [-0.15, -0.1) is 13.2 Å². The highest BCUT2D eigenvalue weighted by molar-refractivity contribution is 4.75. The third-order valence-corrected chi connectivity index (χ3v) is 2.24. The van der Waals surface area contributed by atoms with Gasteiger partial charge in [-0.25, -0.2) is 0 Å². The molecule has 1 unspecified atom stereocenters. The lowest BCUT2D eigenvalue weighted by molar-refractivity contribution is 0.469. The zero-order chi connectivity index (χ0) is 10.6. The van der Waals surface area contributed by atoms with Crippen LogP contribution in [0.1, 0.15) is 26.2 Å². The monoisotopic (exact) mass is 196 g/mol. The minimum absolute atomic E-state index is 0.638. The van der Waals surface area contributed by atoms with E-state index in [1.807, 2.05) is 12.2 Å². The van der Waals surface area contributed by atoms with Crippen LogP contribution in [0.3, 0.4) is 0 Å². The Labute approximate surface area is 88.5 Å². The van der Waals surface area contributed by atoms with E-state index in [4.69, 9.17) is 0 Å². The smallest absolute Gasteiger partial charge is 0.0134 e. The Hall–Kier alpha value is -0.600. The summed E-state index contributed by atoms with van der Waals surface area (Å²) >= 11 is 0. The Bertz CT molecular complexity index is 143. The first-order valence-corrected chi connectivity index (χ1v) is 5.51. The van der Waals surface area contributed by atoms with Crippen LogP contribution in [0.4, 0.5) is 0 Å². The normalized spacial score (nSPS) is 12.4. The maximum Gasteiger partial charge on any atom is 0.0134 e. The van der Waals surface area contributed by atoms with Gasteiger partial charge in [0, 0.05) is 19.1 Å². The summed E-state index contributed by atoms with van der Waals surface area (Å²) in [6, 6.07) is 0.638. The predicted molar refractivity (Wildman–Crippen MR) is 64.6 cm³/mol. The van der Waals surface area contributed by atoms with Crippen molar-refractivity contribution < 1.29 is 0 Å². The van der Waals surface area contributed by atoms with Crippen molar-refractivity contribution in [3.05, 3.63) is 25.3 Å². The summed E-state index contributed by atoms with van der Waals surface area (Å²) in [6.07, 6.45) is 7.45. The van der Waals surface area contributed by atoms with Gasteiger partial charge >= 0.3 is 0 Å². The van der Waals surface area contributed by atoms with Crippen molar-refractivity contribution in [3.63, 3.8) is 0 Å². The Balaban J connectivity index is 3.32. The molecule has 82 valence electrons. The maximum absolute atomic E-state index is 3.70. The molecule has 14 heavy (non-hydrogen) atoms. The van der Waals surface area contributed by atoms with Gasteiger partial charge in [-0.05, 0) is 25.8 Å². The van der Waals surface area contributed by atoms with Crippen LogP contribution in [0, 0.1) is 0 Å². The molecule has 0 saturated carbocycles. The minimum atomic E-state index is 0.638. The number of hydrogen-bond donors (Lipinski definition) is 2. The highest BCUT2D eigenvalue weighted by Crippen LogP contribution is 2.00. The molecule has 0 rings (SSSR count). The highest BCUT2D eigenvalue weighted by Gasteiger charge is 2.02. The summed E-state index contributed by atoms with van der Waals surface area (Å²) in [5, 5.41) is 6.75. The van der Waals surface area contributed by atoms with E-state index in [0.717, 1.165) is 19.6 Å². The molecule has 0 radical (unpaired) electrons. The molecule has 0 amide bonds. The highest BCUT2D eigenvalue weighted by atomic mass is 14.9. The topological polar surface area (TPSA) is 24.1 Å². The fourth-order valence-electron chi connectivity index (χ4n) is 1.38. The number of nitrogens with one attached hydrogen (secondary N) is 2. The van der Waals surface area contributed by atoms with Crippen molar-refractivity contribution in [2.24, 2.45) is 0 Å². The predicted octanol–water partition coefficient (Wildman–Crippen LogP) is 2.10. The molecule has 0 spiro atoms. The summed E-state index contributed by atoms with van der Waals surface area (Å²) in [7, 11) is 0. The van der Waals surface area contributed by atoms with Crippen LogP contribution in [-0.2, 0) is 0 Å². The number of hydrogen-bond acceptors (Lipinski definition) is 2. The fourth-order valence-corrected chi connectivity index (χ4v) is 1.38. The Morgan fingerprint density at radius 3 is 2.50 bits per heavy atom. The third-order valence-electron chi connectivity index (χ3n) is 2.24. The van der Waals surface area contributed by atoms with E-state index in [9.17, 15) is 0 Å². The SMILES string of the molecule is C=CCNCCCC(CC)NCC=C. The Morgan fingerprint density at radius 1 is 1.21 bits per heavy atom. The average molecular weight is 196 g/mol. The lowest BCUT2D eigenvalue weighted by Crippen LogP contribution is -2.29. The second-order valence-electron chi connectivity index (χ2n) is 3.44. The molecule has 0 aliphatic heterocycles. The molecule has 0 aliphatic carbocycles. The zero-order valence-corrected chi connectivity index (χ0v) is 9.39. The zero-order valence-electron chi connectivity index (χ0n) is 9.39. The van der Waals surface area contributed by atoms with Gasteiger partial charge in [0.15, 0.2) is 0 Å². The molecule has 0 bridgehead atoms. The second-order valence-corrected chi connectivity index (χ2v) is 3.44. The van der Waals surface area contributed by atoms with Gasteiger partial charge in [0.25, 0.3) is 0 Å². The van der Waals surface area contributed by atoms with Crippen LogP contribution in [0.15, 0.2) is 25.3 Å². The van der Waals surface area contributed by atoms with E-state index in [1.165, 1.54) is 19.3 Å². The largest absolute Gasteiger partial charge is 0.313 e. The molecule has 0 aromatic carbocycles. The molecule has 2 nitrogen and oxygen atoms in total. The van der Waals surface area contributed by atoms with Crippen LogP contribution >= 0.6 is 0 Å². The summed E-state index contributed by atoms with van der Waals surface area (Å²) in [5.74, 6) is 0.